The minimum Gasteiger partial charge on any atom is -0.484 e. The fourth-order valence-electron chi connectivity index (χ4n) is 2.64. The standard InChI is InChI=1S/C22H30N2O3/c1-16(21(26)18-8-6-5-7-9-18)23-14-17-10-12-19(13-11-17)27-15-20(25)24-22(2,3)4/h5-13,16,21,23,26H,14-15H2,1-4H3,(H,24,25)/t16-,21+/m0/s1. The molecule has 0 aliphatic heterocycles. The Balaban J connectivity index is 1.79. The first-order valence-electron chi connectivity index (χ1n) is 9.24. The van der Waals surface area contributed by atoms with E-state index in [1.54, 1.807) is 0 Å². The molecule has 0 aromatic heterocycles. The van der Waals surface area contributed by atoms with E-state index in [0.717, 1.165) is 11.1 Å². The van der Waals surface area contributed by atoms with E-state index in [1.807, 2.05) is 82.3 Å². The zero-order chi connectivity index (χ0) is 19.9. The van der Waals surface area contributed by atoms with Crippen molar-refractivity contribution >= 4 is 5.91 Å². The van der Waals surface area contributed by atoms with Gasteiger partial charge in [0.05, 0.1) is 6.10 Å². The lowest BCUT2D eigenvalue weighted by Gasteiger charge is -2.21. The third-order valence-electron chi connectivity index (χ3n) is 4.05. The highest BCUT2D eigenvalue weighted by molar-refractivity contribution is 5.78. The van der Waals surface area contributed by atoms with Gasteiger partial charge in [0, 0.05) is 18.1 Å². The smallest absolute Gasteiger partial charge is 0.258 e. The number of hydrogen-bond acceptors (Lipinski definition) is 4. The number of amides is 1. The number of benzene rings is 2. The number of rotatable bonds is 8. The summed E-state index contributed by atoms with van der Waals surface area (Å²) in [7, 11) is 0. The van der Waals surface area contributed by atoms with E-state index in [9.17, 15) is 9.90 Å². The Morgan fingerprint density at radius 3 is 2.30 bits per heavy atom. The Labute approximate surface area is 161 Å². The van der Waals surface area contributed by atoms with Gasteiger partial charge < -0.3 is 20.5 Å². The second-order valence-electron chi connectivity index (χ2n) is 7.76. The van der Waals surface area contributed by atoms with Crippen molar-refractivity contribution in [2.45, 2.75) is 51.9 Å². The summed E-state index contributed by atoms with van der Waals surface area (Å²) >= 11 is 0. The molecule has 0 aliphatic carbocycles. The summed E-state index contributed by atoms with van der Waals surface area (Å²) in [4.78, 5) is 11.8. The highest BCUT2D eigenvalue weighted by atomic mass is 16.5. The zero-order valence-corrected chi connectivity index (χ0v) is 16.5. The highest BCUT2D eigenvalue weighted by Gasteiger charge is 2.16. The van der Waals surface area contributed by atoms with Gasteiger partial charge >= 0.3 is 0 Å². The number of nitrogens with one attached hydrogen (secondary N) is 2. The summed E-state index contributed by atoms with van der Waals surface area (Å²) in [5, 5.41) is 16.6. The van der Waals surface area contributed by atoms with Crippen LogP contribution in [0.5, 0.6) is 5.75 Å². The maximum absolute atomic E-state index is 11.8. The molecule has 0 heterocycles. The van der Waals surface area contributed by atoms with Crippen LogP contribution in [0, 0.1) is 0 Å². The van der Waals surface area contributed by atoms with Gasteiger partial charge in [-0.3, -0.25) is 4.79 Å². The number of aliphatic hydroxyl groups is 1. The van der Waals surface area contributed by atoms with Crippen molar-refractivity contribution in [2.24, 2.45) is 0 Å². The third kappa shape index (κ3) is 7.41. The minimum absolute atomic E-state index is 0.00479. The molecule has 5 heteroatoms. The molecule has 5 nitrogen and oxygen atoms in total. The van der Waals surface area contributed by atoms with Crippen LogP contribution in [0.25, 0.3) is 0 Å². The number of carbonyl (C=O) groups excluding carboxylic acids is 1. The van der Waals surface area contributed by atoms with Crippen LogP contribution in [0.2, 0.25) is 0 Å². The Kier molecular flexibility index (Phi) is 7.39. The molecule has 0 spiro atoms. The average Bonchev–Trinajstić information content (AvgIpc) is 2.64. The van der Waals surface area contributed by atoms with Crippen molar-refractivity contribution in [1.82, 2.24) is 10.6 Å². The molecule has 0 radical (unpaired) electrons. The van der Waals surface area contributed by atoms with E-state index in [0.29, 0.717) is 12.3 Å². The third-order valence-corrected chi connectivity index (χ3v) is 4.05. The van der Waals surface area contributed by atoms with Gasteiger partial charge in [-0.2, -0.15) is 0 Å². The van der Waals surface area contributed by atoms with Gasteiger partial charge in [0.15, 0.2) is 6.61 Å². The minimum atomic E-state index is -0.560. The monoisotopic (exact) mass is 370 g/mol. The molecule has 2 rings (SSSR count). The second kappa shape index (κ2) is 9.53. The summed E-state index contributed by atoms with van der Waals surface area (Å²) in [5.74, 6) is 0.511. The molecule has 2 aromatic rings. The van der Waals surface area contributed by atoms with Crippen LogP contribution in [-0.2, 0) is 11.3 Å². The molecule has 3 N–H and O–H groups in total. The predicted octanol–water partition coefficient (Wildman–Crippen LogP) is 3.19. The maximum Gasteiger partial charge on any atom is 0.258 e. The molecule has 0 unspecified atom stereocenters. The van der Waals surface area contributed by atoms with Crippen LogP contribution >= 0.6 is 0 Å². The van der Waals surface area contributed by atoms with E-state index in [-0.39, 0.29) is 24.1 Å². The van der Waals surface area contributed by atoms with Crippen LogP contribution in [0.3, 0.4) is 0 Å². The van der Waals surface area contributed by atoms with E-state index in [1.165, 1.54) is 0 Å². The van der Waals surface area contributed by atoms with Crippen molar-refractivity contribution in [3.05, 3.63) is 65.7 Å². The van der Waals surface area contributed by atoms with Crippen molar-refractivity contribution in [1.29, 1.82) is 0 Å². The zero-order valence-electron chi connectivity index (χ0n) is 16.5. The first kappa shape index (κ1) is 20.9. The molecule has 0 fully saturated rings. The highest BCUT2D eigenvalue weighted by Crippen LogP contribution is 2.17. The lowest BCUT2D eigenvalue weighted by Crippen LogP contribution is -2.43. The Bertz CT molecular complexity index is 709. The Morgan fingerprint density at radius 2 is 1.70 bits per heavy atom. The van der Waals surface area contributed by atoms with Gasteiger partial charge in [-0.25, -0.2) is 0 Å². The van der Waals surface area contributed by atoms with Crippen molar-refractivity contribution in [3.8, 4) is 5.75 Å². The summed E-state index contributed by atoms with van der Waals surface area (Å²) in [6.45, 7) is 8.39. The molecule has 2 atom stereocenters. The predicted molar refractivity (Wildman–Crippen MR) is 108 cm³/mol. The first-order valence-corrected chi connectivity index (χ1v) is 9.24. The number of aliphatic hydroxyl groups excluding tert-OH is 1. The molecular weight excluding hydrogens is 340 g/mol. The summed E-state index contributed by atoms with van der Waals surface area (Å²) in [5.41, 5.74) is 1.71. The summed E-state index contributed by atoms with van der Waals surface area (Å²) < 4.78 is 5.52. The van der Waals surface area contributed by atoms with Gasteiger partial charge in [0.1, 0.15) is 5.75 Å². The van der Waals surface area contributed by atoms with Gasteiger partial charge in [0.2, 0.25) is 0 Å². The van der Waals surface area contributed by atoms with Gasteiger partial charge in [-0.05, 0) is 51.0 Å². The van der Waals surface area contributed by atoms with E-state index in [4.69, 9.17) is 4.74 Å². The van der Waals surface area contributed by atoms with Crippen molar-refractivity contribution in [3.63, 3.8) is 0 Å². The fourth-order valence-corrected chi connectivity index (χ4v) is 2.64. The number of ether oxygens (including phenoxy) is 1. The van der Waals surface area contributed by atoms with Crippen molar-refractivity contribution < 1.29 is 14.6 Å². The molecule has 0 aliphatic rings. The SMILES string of the molecule is C[C@H](NCc1ccc(OCC(=O)NC(C)(C)C)cc1)[C@@H](O)c1ccccc1. The van der Waals surface area contributed by atoms with Crippen LogP contribution in [0.1, 0.15) is 44.9 Å². The average molecular weight is 370 g/mol. The van der Waals surface area contributed by atoms with E-state index in [2.05, 4.69) is 10.6 Å². The van der Waals surface area contributed by atoms with Crippen LogP contribution < -0.4 is 15.4 Å². The largest absolute Gasteiger partial charge is 0.484 e. The first-order chi connectivity index (χ1) is 12.7. The quantitative estimate of drug-likeness (QED) is 0.667. The normalized spacial score (nSPS) is 13.7. The maximum atomic E-state index is 11.8. The molecule has 146 valence electrons. The molecular formula is C22H30N2O3. The van der Waals surface area contributed by atoms with E-state index >= 15 is 0 Å². The lowest BCUT2D eigenvalue weighted by atomic mass is 10.0. The Morgan fingerprint density at radius 1 is 1.07 bits per heavy atom. The fraction of sp³-hybridized carbons (Fsp3) is 0.409. The van der Waals surface area contributed by atoms with Gasteiger partial charge in [0.25, 0.3) is 5.91 Å². The van der Waals surface area contributed by atoms with Gasteiger partial charge in [-0.15, -0.1) is 0 Å². The molecule has 27 heavy (non-hydrogen) atoms. The second-order valence-corrected chi connectivity index (χ2v) is 7.76. The van der Waals surface area contributed by atoms with Crippen LogP contribution in [0.15, 0.2) is 54.6 Å². The molecule has 0 saturated heterocycles. The molecule has 0 saturated carbocycles. The molecule has 1 amide bonds. The lowest BCUT2D eigenvalue weighted by molar-refractivity contribution is -0.124. The molecule has 0 bridgehead atoms. The molecule has 2 aromatic carbocycles. The number of hydrogen-bond donors (Lipinski definition) is 3. The summed E-state index contributed by atoms with van der Waals surface area (Å²) in [6.07, 6.45) is -0.560. The van der Waals surface area contributed by atoms with Crippen molar-refractivity contribution in [2.75, 3.05) is 6.61 Å². The van der Waals surface area contributed by atoms with Gasteiger partial charge in [-0.1, -0.05) is 42.5 Å². The topological polar surface area (TPSA) is 70.6 Å². The van der Waals surface area contributed by atoms with Crippen LogP contribution in [-0.4, -0.2) is 29.2 Å². The number of carbonyl (C=O) groups is 1. The van der Waals surface area contributed by atoms with E-state index < -0.39 is 6.10 Å². The summed E-state index contributed by atoms with van der Waals surface area (Å²) in [6, 6.07) is 17.1. The Hall–Kier alpha value is -2.37. The van der Waals surface area contributed by atoms with Crippen LogP contribution in [0.4, 0.5) is 0 Å².